The maximum atomic E-state index is 11.3. The molecule has 1 aromatic heterocycles. The molecule has 0 fully saturated rings. The van der Waals surface area contributed by atoms with Crippen LogP contribution in [0.4, 0.5) is 0 Å². The van der Waals surface area contributed by atoms with E-state index in [2.05, 4.69) is 16.9 Å². The molecule has 0 spiro atoms. The van der Waals surface area contributed by atoms with Crippen LogP contribution in [0.3, 0.4) is 0 Å². The van der Waals surface area contributed by atoms with Gasteiger partial charge in [-0.05, 0) is 24.8 Å². The van der Waals surface area contributed by atoms with Crippen molar-refractivity contribution in [3.63, 3.8) is 0 Å². The van der Waals surface area contributed by atoms with E-state index < -0.39 is 9.84 Å². The van der Waals surface area contributed by atoms with Crippen LogP contribution >= 0.6 is 0 Å². The van der Waals surface area contributed by atoms with Crippen LogP contribution < -0.4 is 0 Å². The van der Waals surface area contributed by atoms with E-state index in [0.717, 1.165) is 43.2 Å². The predicted octanol–water partition coefficient (Wildman–Crippen LogP) is 1.79. The molecule has 1 heterocycles. The van der Waals surface area contributed by atoms with E-state index in [1.54, 1.807) is 6.20 Å². The lowest BCUT2D eigenvalue weighted by molar-refractivity contribution is 0.591. The predicted molar refractivity (Wildman–Crippen MR) is 63.1 cm³/mol. The van der Waals surface area contributed by atoms with E-state index in [9.17, 15) is 8.42 Å². The van der Waals surface area contributed by atoms with Gasteiger partial charge in [-0.3, -0.25) is 0 Å². The summed E-state index contributed by atoms with van der Waals surface area (Å²) in [5.41, 5.74) is 1.92. The molecule has 0 atom stereocenters. The lowest BCUT2D eigenvalue weighted by atomic mass is 10.1. The maximum Gasteiger partial charge on any atom is 0.246 e. The second kappa shape index (κ2) is 5.39. The van der Waals surface area contributed by atoms with Gasteiger partial charge in [0.15, 0.2) is 0 Å². The molecule has 0 unspecified atom stereocenters. The maximum absolute atomic E-state index is 11.3. The molecule has 0 amide bonds. The Hall–Kier alpha value is -0.970. The van der Waals surface area contributed by atoms with Crippen LogP contribution in [0, 0.1) is 0 Å². The lowest BCUT2D eigenvalue weighted by Crippen LogP contribution is -2.08. The fourth-order valence-corrected chi connectivity index (χ4v) is 2.00. The van der Waals surface area contributed by atoms with Crippen molar-refractivity contribution < 1.29 is 8.42 Å². The molecule has 0 N–H and O–H groups in total. The van der Waals surface area contributed by atoms with E-state index in [-0.39, 0.29) is 5.16 Å². The molecule has 1 rings (SSSR count). The van der Waals surface area contributed by atoms with Crippen molar-refractivity contribution in [3.05, 3.63) is 17.5 Å². The minimum atomic E-state index is -3.29. The SMILES string of the molecule is CCCCc1cnc(S(C)(=O)=O)nc1CC. The molecule has 0 bridgehead atoms. The largest absolute Gasteiger partial charge is 0.246 e. The number of rotatable bonds is 5. The van der Waals surface area contributed by atoms with Gasteiger partial charge in [-0.25, -0.2) is 18.4 Å². The molecular formula is C11H18N2O2S. The first-order valence-corrected chi connectivity index (χ1v) is 7.43. The van der Waals surface area contributed by atoms with Gasteiger partial charge in [0.1, 0.15) is 0 Å². The van der Waals surface area contributed by atoms with Crippen molar-refractivity contribution >= 4 is 9.84 Å². The lowest BCUT2D eigenvalue weighted by Gasteiger charge is -2.07. The minimum absolute atomic E-state index is 0.0652. The van der Waals surface area contributed by atoms with Gasteiger partial charge in [0, 0.05) is 18.1 Å². The van der Waals surface area contributed by atoms with Gasteiger partial charge < -0.3 is 0 Å². The first kappa shape index (κ1) is 13.1. The van der Waals surface area contributed by atoms with E-state index in [0.29, 0.717) is 0 Å². The summed E-state index contributed by atoms with van der Waals surface area (Å²) in [6.45, 7) is 4.10. The van der Waals surface area contributed by atoms with Crippen molar-refractivity contribution in [2.24, 2.45) is 0 Å². The van der Waals surface area contributed by atoms with Crippen molar-refractivity contribution in [1.29, 1.82) is 0 Å². The number of unbranched alkanes of at least 4 members (excludes halogenated alkanes) is 1. The van der Waals surface area contributed by atoms with Crippen molar-refractivity contribution in [1.82, 2.24) is 9.97 Å². The highest BCUT2D eigenvalue weighted by Gasteiger charge is 2.13. The van der Waals surface area contributed by atoms with Gasteiger partial charge in [-0.1, -0.05) is 20.3 Å². The Morgan fingerprint density at radius 2 is 2.00 bits per heavy atom. The van der Waals surface area contributed by atoms with Gasteiger partial charge in [-0.15, -0.1) is 0 Å². The molecule has 0 aromatic carbocycles. The molecule has 5 heteroatoms. The second-order valence-corrected chi connectivity index (χ2v) is 5.76. The summed E-state index contributed by atoms with van der Waals surface area (Å²) in [6, 6.07) is 0. The van der Waals surface area contributed by atoms with Gasteiger partial charge in [0.05, 0.1) is 0 Å². The molecule has 0 saturated carbocycles. The van der Waals surface area contributed by atoms with Crippen LogP contribution in [0.15, 0.2) is 11.4 Å². The zero-order valence-corrected chi connectivity index (χ0v) is 10.8. The molecule has 16 heavy (non-hydrogen) atoms. The Labute approximate surface area is 97.1 Å². The number of nitrogens with zero attached hydrogens (tertiary/aromatic N) is 2. The molecule has 1 aromatic rings. The van der Waals surface area contributed by atoms with E-state index in [1.807, 2.05) is 6.92 Å². The summed E-state index contributed by atoms with van der Waals surface area (Å²) in [5, 5.41) is -0.0652. The highest BCUT2D eigenvalue weighted by molar-refractivity contribution is 7.90. The molecule has 0 aliphatic rings. The van der Waals surface area contributed by atoms with Crippen LogP contribution in [-0.4, -0.2) is 24.6 Å². The molecule has 0 aliphatic heterocycles. The van der Waals surface area contributed by atoms with Crippen LogP contribution in [0.25, 0.3) is 0 Å². The monoisotopic (exact) mass is 242 g/mol. The Morgan fingerprint density at radius 3 is 2.50 bits per heavy atom. The topological polar surface area (TPSA) is 59.9 Å². The fraction of sp³-hybridized carbons (Fsp3) is 0.636. The van der Waals surface area contributed by atoms with E-state index in [1.165, 1.54) is 0 Å². The van der Waals surface area contributed by atoms with Crippen LogP contribution in [0.5, 0.6) is 0 Å². The summed E-state index contributed by atoms with van der Waals surface area (Å²) >= 11 is 0. The van der Waals surface area contributed by atoms with Crippen LogP contribution in [0.2, 0.25) is 0 Å². The molecule has 0 radical (unpaired) electrons. The highest BCUT2D eigenvalue weighted by Crippen LogP contribution is 2.12. The molecule has 0 saturated heterocycles. The Balaban J connectivity index is 3.07. The first-order valence-electron chi connectivity index (χ1n) is 5.53. The third kappa shape index (κ3) is 3.27. The molecule has 0 aliphatic carbocycles. The standard InChI is InChI=1S/C11H18N2O2S/c1-4-6-7-9-8-12-11(16(3,14)15)13-10(9)5-2/h8H,4-7H2,1-3H3. The van der Waals surface area contributed by atoms with Gasteiger partial charge in [0.25, 0.3) is 0 Å². The number of sulfone groups is 1. The van der Waals surface area contributed by atoms with Crippen molar-refractivity contribution in [3.8, 4) is 0 Å². The zero-order chi connectivity index (χ0) is 12.2. The number of aryl methyl sites for hydroxylation is 2. The van der Waals surface area contributed by atoms with Gasteiger partial charge in [-0.2, -0.15) is 0 Å². The molecular weight excluding hydrogens is 224 g/mol. The third-order valence-electron chi connectivity index (χ3n) is 2.40. The number of hydrogen-bond donors (Lipinski definition) is 0. The van der Waals surface area contributed by atoms with Crippen molar-refractivity contribution in [2.75, 3.05) is 6.26 Å². The Kier molecular flexibility index (Phi) is 4.41. The smallest absolute Gasteiger partial charge is 0.227 e. The Morgan fingerprint density at radius 1 is 1.31 bits per heavy atom. The summed E-state index contributed by atoms with van der Waals surface area (Å²) in [5.74, 6) is 0. The first-order chi connectivity index (χ1) is 7.49. The highest BCUT2D eigenvalue weighted by atomic mass is 32.2. The number of hydrogen-bond acceptors (Lipinski definition) is 4. The van der Waals surface area contributed by atoms with Crippen molar-refractivity contribution in [2.45, 2.75) is 44.7 Å². The van der Waals surface area contributed by atoms with Gasteiger partial charge >= 0.3 is 0 Å². The quantitative estimate of drug-likeness (QED) is 0.738. The summed E-state index contributed by atoms with van der Waals surface area (Å²) < 4.78 is 22.6. The van der Waals surface area contributed by atoms with E-state index >= 15 is 0 Å². The normalized spacial score (nSPS) is 11.7. The average Bonchev–Trinajstić information content (AvgIpc) is 2.24. The van der Waals surface area contributed by atoms with E-state index in [4.69, 9.17) is 0 Å². The summed E-state index contributed by atoms with van der Waals surface area (Å²) in [7, 11) is -3.29. The summed E-state index contributed by atoms with van der Waals surface area (Å²) in [4.78, 5) is 8.03. The fourth-order valence-electron chi connectivity index (χ4n) is 1.48. The third-order valence-corrected chi connectivity index (χ3v) is 3.26. The summed E-state index contributed by atoms with van der Waals surface area (Å²) in [6.07, 6.45) is 6.63. The van der Waals surface area contributed by atoms with Crippen LogP contribution in [0.1, 0.15) is 37.9 Å². The number of aromatic nitrogens is 2. The second-order valence-electron chi connectivity index (χ2n) is 3.85. The molecule has 90 valence electrons. The van der Waals surface area contributed by atoms with Crippen LogP contribution in [-0.2, 0) is 22.7 Å². The average molecular weight is 242 g/mol. The Bertz CT molecular complexity index is 455. The minimum Gasteiger partial charge on any atom is -0.227 e. The van der Waals surface area contributed by atoms with Gasteiger partial charge in [0.2, 0.25) is 15.0 Å². The zero-order valence-electron chi connectivity index (χ0n) is 10.0. The molecule has 4 nitrogen and oxygen atoms in total.